The molecule has 2 amide bonds. The molecule has 12 nitrogen and oxygen atoms in total. The van der Waals surface area contributed by atoms with Crippen molar-refractivity contribution in [3.8, 4) is 0 Å². The molecule has 0 aromatic heterocycles. The number of para-hydroxylation sites is 1. The van der Waals surface area contributed by atoms with E-state index in [0.717, 1.165) is 46.8 Å². The minimum absolute atomic E-state index is 0.0753. The van der Waals surface area contributed by atoms with Gasteiger partial charge in [0.2, 0.25) is 11.6 Å². The second-order valence-electron chi connectivity index (χ2n) is 14.9. The van der Waals surface area contributed by atoms with Gasteiger partial charge >= 0.3 is 0 Å². The lowest BCUT2D eigenvalue weighted by Crippen LogP contribution is -2.31. The summed E-state index contributed by atoms with van der Waals surface area (Å²) in [6.07, 6.45) is 9.99. The first-order valence-corrected chi connectivity index (χ1v) is 21.1. The van der Waals surface area contributed by atoms with Crippen molar-refractivity contribution in [3.63, 3.8) is 0 Å². The Morgan fingerprint density at radius 2 is 1.58 bits per heavy atom. The largest absolute Gasteiger partial charge is 0.353 e. The topological polar surface area (TPSA) is 173 Å². The fraction of sp³-hybridized carbons (Fsp3) is 0.500. The zero-order valence-corrected chi connectivity index (χ0v) is 32.0. The van der Waals surface area contributed by atoms with Gasteiger partial charge < -0.3 is 15.5 Å². The molecule has 0 bridgehead atoms. The zero-order chi connectivity index (χ0) is 37.9. The number of rotatable bonds is 17. The van der Waals surface area contributed by atoms with Crippen molar-refractivity contribution in [1.29, 1.82) is 0 Å². The van der Waals surface area contributed by atoms with Gasteiger partial charge in [-0.05, 0) is 75.8 Å². The second kappa shape index (κ2) is 15.6. The van der Waals surface area contributed by atoms with Crippen LogP contribution in [0.1, 0.15) is 94.1 Å². The number of carbonyl (C=O) groups excluding carboxylic acids is 2. The Morgan fingerprint density at radius 1 is 0.904 bits per heavy atom. The third-order valence-corrected chi connectivity index (χ3v) is 11.7. The summed E-state index contributed by atoms with van der Waals surface area (Å²) in [6.45, 7) is 9.75. The number of hydrogen-bond donors (Lipinski definition) is 4. The van der Waals surface area contributed by atoms with Gasteiger partial charge in [0, 0.05) is 72.0 Å². The van der Waals surface area contributed by atoms with E-state index < -0.39 is 25.7 Å². The highest BCUT2D eigenvalue weighted by Crippen LogP contribution is 2.48. The van der Waals surface area contributed by atoms with Crippen LogP contribution in [-0.2, 0) is 35.9 Å². The van der Waals surface area contributed by atoms with Gasteiger partial charge in [0.05, 0.1) is 16.9 Å². The van der Waals surface area contributed by atoms with Crippen molar-refractivity contribution >= 4 is 49.1 Å². The van der Waals surface area contributed by atoms with Crippen LogP contribution >= 0.6 is 0 Å². The number of allylic oxidation sites excluding steroid dienone is 4. The quantitative estimate of drug-likeness (QED) is 0.0981. The molecule has 5 rings (SSSR count). The molecule has 0 spiro atoms. The monoisotopic (exact) mass is 755 g/mol. The molecular weight excluding hydrogens is 705 g/mol. The van der Waals surface area contributed by atoms with Gasteiger partial charge in [-0.25, -0.2) is 0 Å². The van der Waals surface area contributed by atoms with Crippen molar-refractivity contribution in [2.24, 2.45) is 0 Å². The minimum Gasteiger partial charge on any atom is -0.353 e. The molecule has 0 unspecified atom stereocenters. The molecule has 1 saturated carbocycles. The standard InChI is InChI=1S/C38H50N4O8S2/c1-37(2)29-12-5-6-13-31(29)41(22-7-9-24-51(45,46)47)33(37)14-11-15-34-38(3,4)30-26-27(36(44)39-21-20-35(43)40-28-17-18-28)16-19-32(30)42(34)23-8-10-25-52(48,49)50/h5-6,11-16,19,26,28H,7-10,17-18,20-25H2,1-4H3,(H3-,39,40,43,44,45,46,47,48,49,50)/p+1. The molecule has 2 aromatic carbocycles. The molecule has 282 valence electrons. The Labute approximate surface area is 307 Å². The van der Waals surface area contributed by atoms with Gasteiger partial charge in [0.15, 0.2) is 5.71 Å². The Bertz CT molecular complexity index is 2010. The summed E-state index contributed by atoms with van der Waals surface area (Å²) in [5.74, 6) is -0.971. The van der Waals surface area contributed by atoms with Crippen LogP contribution in [0.25, 0.3) is 0 Å². The summed E-state index contributed by atoms with van der Waals surface area (Å²) < 4.78 is 66.3. The van der Waals surface area contributed by atoms with E-state index in [1.54, 1.807) is 6.07 Å². The van der Waals surface area contributed by atoms with E-state index >= 15 is 0 Å². The predicted molar refractivity (Wildman–Crippen MR) is 203 cm³/mol. The summed E-state index contributed by atoms with van der Waals surface area (Å²) in [5, 5.41) is 5.79. The zero-order valence-electron chi connectivity index (χ0n) is 30.4. The first-order chi connectivity index (χ1) is 24.4. The molecule has 2 heterocycles. The molecule has 3 aliphatic rings. The van der Waals surface area contributed by atoms with E-state index in [0.29, 0.717) is 37.9 Å². The lowest BCUT2D eigenvalue weighted by molar-refractivity contribution is -0.438. The average Bonchev–Trinajstić information content (AvgIpc) is 3.81. The van der Waals surface area contributed by atoms with Crippen LogP contribution in [0.4, 0.5) is 11.4 Å². The van der Waals surface area contributed by atoms with Crippen LogP contribution in [0, 0.1) is 0 Å². The number of fused-ring (bicyclic) bond motifs is 2. The first-order valence-electron chi connectivity index (χ1n) is 17.9. The smallest absolute Gasteiger partial charge is 0.264 e. The number of unbranched alkanes of at least 4 members (excludes halogenated alkanes) is 2. The minimum atomic E-state index is -4.09. The molecule has 52 heavy (non-hydrogen) atoms. The molecule has 1 fully saturated rings. The predicted octanol–water partition coefficient (Wildman–Crippen LogP) is 5.04. The molecule has 0 radical (unpaired) electrons. The Hall–Kier alpha value is -3.85. The maximum absolute atomic E-state index is 13.2. The van der Waals surface area contributed by atoms with Gasteiger partial charge in [-0.15, -0.1) is 0 Å². The number of nitrogens with one attached hydrogen (secondary N) is 2. The summed E-state index contributed by atoms with van der Waals surface area (Å²) in [6, 6.07) is 13.9. The molecule has 0 saturated heterocycles. The van der Waals surface area contributed by atoms with Gasteiger partial charge in [-0.2, -0.15) is 21.4 Å². The number of amides is 2. The van der Waals surface area contributed by atoms with Crippen LogP contribution in [0.3, 0.4) is 0 Å². The summed E-state index contributed by atoms with van der Waals surface area (Å²) in [7, 11) is -8.13. The van der Waals surface area contributed by atoms with Gasteiger partial charge in [-0.1, -0.05) is 38.1 Å². The van der Waals surface area contributed by atoms with E-state index in [-0.39, 0.29) is 54.2 Å². The number of anilines is 1. The number of carbonyl (C=O) groups is 2. The third-order valence-electron chi connectivity index (χ3n) is 10.1. The first kappa shape index (κ1) is 39.4. The van der Waals surface area contributed by atoms with Crippen LogP contribution in [0.15, 0.2) is 66.4 Å². The van der Waals surface area contributed by atoms with Gasteiger partial charge in [0.25, 0.3) is 26.1 Å². The highest BCUT2D eigenvalue weighted by atomic mass is 32.2. The highest BCUT2D eigenvalue weighted by Gasteiger charge is 2.44. The average molecular weight is 756 g/mol. The summed E-state index contributed by atoms with van der Waals surface area (Å²) >= 11 is 0. The van der Waals surface area contributed by atoms with Crippen molar-refractivity contribution in [2.45, 2.75) is 89.5 Å². The van der Waals surface area contributed by atoms with E-state index in [4.69, 9.17) is 0 Å². The maximum atomic E-state index is 13.2. The van der Waals surface area contributed by atoms with E-state index in [1.807, 2.05) is 36.4 Å². The second-order valence-corrected chi connectivity index (χ2v) is 18.1. The van der Waals surface area contributed by atoms with Crippen molar-refractivity contribution in [1.82, 2.24) is 10.6 Å². The normalized spacial score (nSPS) is 18.6. The van der Waals surface area contributed by atoms with Gasteiger partial charge in [-0.3, -0.25) is 18.7 Å². The van der Waals surface area contributed by atoms with Crippen molar-refractivity contribution < 1.29 is 40.1 Å². The van der Waals surface area contributed by atoms with Crippen molar-refractivity contribution in [3.05, 3.63) is 83.1 Å². The lowest BCUT2D eigenvalue weighted by Gasteiger charge is -2.27. The number of hydrogen-bond acceptors (Lipinski definition) is 7. The molecule has 0 atom stereocenters. The molecule has 14 heteroatoms. The highest BCUT2D eigenvalue weighted by molar-refractivity contribution is 7.86. The van der Waals surface area contributed by atoms with E-state index in [1.165, 1.54) is 0 Å². The van der Waals surface area contributed by atoms with E-state index in [9.17, 15) is 35.5 Å². The number of nitrogens with zero attached hydrogens (tertiary/aromatic N) is 2. The van der Waals surface area contributed by atoms with Crippen LogP contribution < -0.4 is 15.5 Å². The maximum Gasteiger partial charge on any atom is 0.264 e. The van der Waals surface area contributed by atoms with Crippen LogP contribution in [0.2, 0.25) is 0 Å². The third kappa shape index (κ3) is 9.57. The Morgan fingerprint density at radius 3 is 2.25 bits per heavy atom. The van der Waals surface area contributed by atoms with Crippen molar-refractivity contribution in [2.75, 3.05) is 36.0 Å². The molecule has 2 aliphatic heterocycles. The van der Waals surface area contributed by atoms with Crippen LogP contribution in [-0.4, -0.2) is 85.2 Å². The Kier molecular flexibility index (Phi) is 11.8. The Balaban J connectivity index is 1.42. The molecule has 2 aromatic rings. The van der Waals surface area contributed by atoms with Crippen LogP contribution in [0.5, 0.6) is 0 Å². The lowest BCUT2D eigenvalue weighted by atomic mass is 9.81. The van der Waals surface area contributed by atoms with Gasteiger partial charge in [0.1, 0.15) is 6.54 Å². The van der Waals surface area contributed by atoms with E-state index in [2.05, 4.69) is 66.0 Å². The number of benzene rings is 2. The SMILES string of the molecule is CC1(C)C(/C=C/C=C2/N(CCCCS(=O)(=O)O)c3ccc(C(=O)NCCC(=O)NC4CC4)cc3C2(C)C)=[N+](CCCCS(=O)(=O)O)c2ccccc21. The fourth-order valence-corrected chi connectivity index (χ4v) is 8.34. The summed E-state index contributed by atoms with van der Waals surface area (Å²) in [5.41, 5.74) is 5.61. The molecular formula is C38H51N4O8S2+. The fourth-order valence-electron chi connectivity index (χ4n) is 7.20. The molecule has 1 aliphatic carbocycles. The summed E-state index contributed by atoms with van der Waals surface area (Å²) in [4.78, 5) is 27.4. The molecule has 4 N–H and O–H groups in total.